The number of ether oxygens (including phenoxy) is 1. The lowest BCUT2D eigenvalue weighted by Gasteiger charge is -2.26. The van der Waals surface area contributed by atoms with E-state index in [9.17, 15) is 9.59 Å². The van der Waals surface area contributed by atoms with E-state index in [-0.39, 0.29) is 24.5 Å². The quantitative estimate of drug-likeness (QED) is 0.765. The van der Waals surface area contributed by atoms with E-state index >= 15 is 0 Å². The number of amides is 2. The van der Waals surface area contributed by atoms with Crippen molar-refractivity contribution in [1.29, 1.82) is 0 Å². The molecule has 1 aliphatic rings. The Kier molecular flexibility index (Phi) is 6.58. The molecule has 1 fully saturated rings. The Morgan fingerprint density at radius 2 is 2.19 bits per heavy atom. The molecule has 3 rings (SSSR count). The second-order valence-electron chi connectivity index (χ2n) is 7.15. The fraction of sp³-hybridized carbons (Fsp3) is 0.450. The highest BCUT2D eigenvalue weighted by atomic mass is 32.1. The van der Waals surface area contributed by atoms with Gasteiger partial charge in [-0.3, -0.25) is 14.6 Å². The third kappa shape index (κ3) is 5.37. The van der Waals surface area contributed by atoms with E-state index in [4.69, 9.17) is 4.74 Å². The topological polar surface area (TPSA) is 62.7 Å². The van der Waals surface area contributed by atoms with Crippen LogP contribution in [0.2, 0.25) is 0 Å². The number of thiophene rings is 1. The maximum atomic E-state index is 12.8. The summed E-state index contributed by atoms with van der Waals surface area (Å²) < 4.78 is 6.08. The van der Waals surface area contributed by atoms with Crippen LogP contribution in [0, 0.1) is 5.92 Å². The lowest BCUT2D eigenvalue weighted by atomic mass is 10.2. The highest BCUT2D eigenvalue weighted by molar-refractivity contribution is 7.12. The molecule has 1 aliphatic heterocycles. The van der Waals surface area contributed by atoms with Crippen LogP contribution < -0.4 is 0 Å². The molecular weight excluding hydrogens is 362 g/mol. The van der Waals surface area contributed by atoms with Crippen LogP contribution in [-0.4, -0.2) is 58.9 Å². The zero-order chi connectivity index (χ0) is 19.2. The molecule has 0 spiro atoms. The zero-order valence-corrected chi connectivity index (χ0v) is 16.5. The van der Waals surface area contributed by atoms with Gasteiger partial charge < -0.3 is 14.5 Å². The van der Waals surface area contributed by atoms with Crippen molar-refractivity contribution < 1.29 is 14.3 Å². The standard InChI is InChI=1S/C20H25N3O3S/c1-15(2)10-22-11-17(26-14-16-5-3-7-21-9-16)12-23(13-19(22)24)20(25)18-6-4-8-27-18/h3-9,15,17H,10-14H2,1-2H3/t17-/m0/s1. The van der Waals surface area contributed by atoms with Crippen LogP contribution in [0.5, 0.6) is 0 Å². The number of pyridine rings is 1. The van der Waals surface area contributed by atoms with Crippen LogP contribution in [0.4, 0.5) is 0 Å². The molecule has 144 valence electrons. The van der Waals surface area contributed by atoms with Crippen LogP contribution in [0.25, 0.3) is 0 Å². The summed E-state index contributed by atoms with van der Waals surface area (Å²) in [6.07, 6.45) is 3.25. The molecule has 2 aromatic rings. The summed E-state index contributed by atoms with van der Waals surface area (Å²) in [5.74, 6) is 0.216. The summed E-state index contributed by atoms with van der Waals surface area (Å²) in [6, 6.07) is 7.46. The van der Waals surface area contributed by atoms with Gasteiger partial charge in [0, 0.05) is 32.0 Å². The van der Waals surface area contributed by atoms with Crippen molar-refractivity contribution in [2.24, 2.45) is 5.92 Å². The van der Waals surface area contributed by atoms with Gasteiger partial charge >= 0.3 is 0 Å². The number of aromatic nitrogens is 1. The number of hydrogen-bond acceptors (Lipinski definition) is 5. The Morgan fingerprint density at radius 3 is 2.85 bits per heavy atom. The van der Waals surface area contributed by atoms with Crippen LogP contribution in [0.1, 0.15) is 29.1 Å². The van der Waals surface area contributed by atoms with Gasteiger partial charge in [-0.15, -0.1) is 11.3 Å². The summed E-state index contributed by atoms with van der Waals surface area (Å²) in [5.41, 5.74) is 0.972. The van der Waals surface area contributed by atoms with Crippen LogP contribution >= 0.6 is 11.3 Å². The predicted molar refractivity (Wildman–Crippen MR) is 104 cm³/mol. The first-order valence-electron chi connectivity index (χ1n) is 9.14. The first-order valence-corrected chi connectivity index (χ1v) is 10.0. The first-order chi connectivity index (χ1) is 13.0. The molecule has 1 atom stereocenters. The van der Waals surface area contributed by atoms with E-state index < -0.39 is 0 Å². The van der Waals surface area contributed by atoms with E-state index in [0.717, 1.165) is 5.56 Å². The summed E-state index contributed by atoms with van der Waals surface area (Å²) in [5, 5.41) is 1.87. The molecule has 0 aliphatic carbocycles. The van der Waals surface area contributed by atoms with E-state index in [1.54, 1.807) is 23.4 Å². The van der Waals surface area contributed by atoms with E-state index in [0.29, 0.717) is 37.0 Å². The third-order valence-corrected chi connectivity index (χ3v) is 5.20. The van der Waals surface area contributed by atoms with Gasteiger partial charge in [0.15, 0.2) is 0 Å². The van der Waals surface area contributed by atoms with Gasteiger partial charge in [0.2, 0.25) is 5.91 Å². The largest absolute Gasteiger partial charge is 0.370 e. The molecule has 6 nitrogen and oxygen atoms in total. The van der Waals surface area contributed by atoms with Gasteiger partial charge in [-0.2, -0.15) is 0 Å². The van der Waals surface area contributed by atoms with Crippen molar-refractivity contribution in [3.05, 3.63) is 52.5 Å². The van der Waals surface area contributed by atoms with Crippen LogP contribution in [0.3, 0.4) is 0 Å². The number of carbonyl (C=O) groups is 2. The SMILES string of the molecule is CC(C)CN1C[C@H](OCc2cccnc2)CN(C(=O)c2cccs2)CC1=O. The molecule has 0 unspecified atom stereocenters. The lowest BCUT2D eigenvalue weighted by molar-refractivity contribution is -0.132. The average molecular weight is 388 g/mol. The van der Waals surface area contributed by atoms with E-state index in [1.807, 2.05) is 28.5 Å². The molecule has 2 amide bonds. The Bertz CT molecular complexity index is 749. The van der Waals surface area contributed by atoms with Crippen molar-refractivity contribution >= 4 is 23.2 Å². The first kappa shape index (κ1) is 19.5. The van der Waals surface area contributed by atoms with Gasteiger partial charge in [0.25, 0.3) is 5.91 Å². The van der Waals surface area contributed by atoms with Crippen molar-refractivity contribution in [1.82, 2.24) is 14.8 Å². The Labute approximate surface area is 163 Å². The van der Waals surface area contributed by atoms with Crippen molar-refractivity contribution in [3.63, 3.8) is 0 Å². The normalized spacial score (nSPS) is 18.0. The fourth-order valence-corrected chi connectivity index (χ4v) is 3.80. The maximum Gasteiger partial charge on any atom is 0.264 e. The zero-order valence-electron chi connectivity index (χ0n) is 15.7. The summed E-state index contributed by atoms with van der Waals surface area (Å²) in [6.45, 7) is 6.21. The second-order valence-corrected chi connectivity index (χ2v) is 8.10. The van der Waals surface area contributed by atoms with Gasteiger partial charge in [-0.05, 0) is 29.0 Å². The predicted octanol–water partition coefficient (Wildman–Crippen LogP) is 2.67. The van der Waals surface area contributed by atoms with Gasteiger partial charge in [-0.1, -0.05) is 26.0 Å². The third-order valence-electron chi connectivity index (χ3n) is 4.34. The minimum absolute atomic E-state index is 0.0268. The molecule has 0 saturated carbocycles. The molecule has 1 saturated heterocycles. The lowest BCUT2D eigenvalue weighted by Crippen LogP contribution is -2.40. The molecule has 3 heterocycles. The Balaban J connectivity index is 1.74. The number of nitrogens with zero attached hydrogens (tertiary/aromatic N) is 3. The summed E-state index contributed by atoms with van der Waals surface area (Å²) >= 11 is 1.39. The van der Waals surface area contributed by atoms with Crippen LogP contribution in [0.15, 0.2) is 42.0 Å². The molecule has 0 N–H and O–H groups in total. The Hall–Kier alpha value is -2.25. The van der Waals surface area contributed by atoms with E-state index in [2.05, 4.69) is 18.8 Å². The molecule has 0 aromatic carbocycles. The average Bonchev–Trinajstić information content (AvgIpc) is 3.14. The van der Waals surface area contributed by atoms with Gasteiger partial charge in [0.1, 0.15) is 6.54 Å². The number of hydrogen-bond donors (Lipinski definition) is 0. The molecule has 2 aromatic heterocycles. The number of rotatable bonds is 6. The van der Waals surface area contributed by atoms with Crippen molar-refractivity contribution in [3.8, 4) is 0 Å². The highest BCUT2D eigenvalue weighted by Gasteiger charge is 2.31. The Morgan fingerprint density at radius 1 is 1.33 bits per heavy atom. The molecule has 0 radical (unpaired) electrons. The minimum atomic E-state index is -0.237. The summed E-state index contributed by atoms with van der Waals surface area (Å²) in [7, 11) is 0. The van der Waals surface area contributed by atoms with Gasteiger partial charge in [0.05, 0.1) is 17.6 Å². The molecular formula is C20H25N3O3S. The number of carbonyl (C=O) groups excluding carboxylic acids is 2. The molecule has 0 bridgehead atoms. The highest BCUT2D eigenvalue weighted by Crippen LogP contribution is 2.17. The smallest absolute Gasteiger partial charge is 0.264 e. The maximum absolute atomic E-state index is 12.8. The monoisotopic (exact) mass is 387 g/mol. The van der Waals surface area contributed by atoms with Crippen LogP contribution in [-0.2, 0) is 16.1 Å². The molecule has 27 heavy (non-hydrogen) atoms. The van der Waals surface area contributed by atoms with Crippen molar-refractivity contribution in [2.75, 3.05) is 26.2 Å². The van der Waals surface area contributed by atoms with Crippen molar-refractivity contribution in [2.45, 2.75) is 26.6 Å². The molecule has 7 heteroatoms. The second kappa shape index (κ2) is 9.10. The van der Waals surface area contributed by atoms with E-state index in [1.165, 1.54) is 11.3 Å². The fourth-order valence-electron chi connectivity index (χ4n) is 3.11. The summed E-state index contributed by atoms with van der Waals surface area (Å²) in [4.78, 5) is 33.7. The minimum Gasteiger partial charge on any atom is -0.370 e. The van der Waals surface area contributed by atoms with Gasteiger partial charge in [-0.25, -0.2) is 0 Å².